The summed E-state index contributed by atoms with van der Waals surface area (Å²) in [4.78, 5) is 0.115. The number of benzene rings is 2. The van der Waals surface area contributed by atoms with Crippen LogP contribution in [0.1, 0.15) is 38.0 Å². The van der Waals surface area contributed by atoms with E-state index in [1.54, 1.807) is 18.2 Å². The topological polar surface area (TPSA) is 99.9 Å². The van der Waals surface area contributed by atoms with Gasteiger partial charge in [-0.05, 0) is 53.8 Å². The SMILES string of the molecule is CC(C)(C)[C@@H]1Cc2c(F)cc(Cl)cc2[C@H]1Oc1ccc(S(=O)(=O)NCCOCCOCCN)cc1. The Morgan fingerprint density at radius 3 is 2.37 bits per heavy atom. The highest BCUT2D eigenvalue weighted by molar-refractivity contribution is 7.89. The average Bonchev–Trinajstić information content (AvgIpc) is 3.15. The van der Waals surface area contributed by atoms with Crippen LogP contribution in [-0.4, -0.2) is 47.9 Å². The zero-order valence-electron chi connectivity index (χ0n) is 20.4. The summed E-state index contributed by atoms with van der Waals surface area (Å²) in [5.74, 6) is 0.195. The quantitative estimate of drug-likeness (QED) is 0.402. The number of fused-ring (bicyclic) bond motifs is 1. The first-order valence-electron chi connectivity index (χ1n) is 11.6. The summed E-state index contributed by atoms with van der Waals surface area (Å²) in [7, 11) is -3.70. The van der Waals surface area contributed by atoms with E-state index < -0.39 is 16.1 Å². The highest BCUT2D eigenvalue weighted by atomic mass is 35.5. The highest BCUT2D eigenvalue weighted by Gasteiger charge is 2.42. The van der Waals surface area contributed by atoms with E-state index in [0.29, 0.717) is 49.1 Å². The monoisotopic (exact) mass is 528 g/mol. The van der Waals surface area contributed by atoms with Gasteiger partial charge in [0.1, 0.15) is 17.7 Å². The molecule has 0 aliphatic heterocycles. The summed E-state index contributed by atoms with van der Waals surface area (Å²) in [6, 6.07) is 9.28. The summed E-state index contributed by atoms with van der Waals surface area (Å²) in [6.07, 6.45) is 0.147. The first kappa shape index (κ1) is 27.8. The van der Waals surface area contributed by atoms with Crippen LogP contribution < -0.4 is 15.2 Å². The third-order valence-electron chi connectivity index (χ3n) is 5.97. The molecule has 0 heterocycles. The van der Waals surface area contributed by atoms with Gasteiger partial charge < -0.3 is 19.9 Å². The van der Waals surface area contributed by atoms with Gasteiger partial charge in [0.15, 0.2) is 0 Å². The molecule has 1 aliphatic rings. The molecule has 0 unspecified atom stereocenters. The van der Waals surface area contributed by atoms with Gasteiger partial charge in [-0.25, -0.2) is 17.5 Å². The van der Waals surface area contributed by atoms with Gasteiger partial charge >= 0.3 is 0 Å². The second-order valence-corrected chi connectivity index (χ2v) is 11.8. The Kier molecular flexibility index (Phi) is 9.53. The lowest BCUT2D eigenvalue weighted by molar-refractivity contribution is 0.0530. The molecule has 0 aromatic heterocycles. The van der Waals surface area contributed by atoms with Gasteiger partial charge in [0.2, 0.25) is 10.0 Å². The van der Waals surface area contributed by atoms with Gasteiger partial charge in [-0.15, -0.1) is 0 Å². The van der Waals surface area contributed by atoms with Crippen LogP contribution in [0, 0.1) is 17.2 Å². The van der Waals surface area contributed by atoms with Crippen LogP contribution in [0.5, 0.6) is 5.75 Å². The zero-order chi connectivity index (χ0) is 25.6. The lowest BCUT2D eigenvalue weighted by atomic mass is 9.77. The van der Waals surface area contributed by atoms with E-state index in [1.165, 1.54) is 18.2 Å². The molecule has 3 N–H and O–H groups in total. The van der Waals surface area contributed by atoms with Crippen LogP contribution in [0.15, 0.2) is 41.3 Å². The molecule has 2 atom stereocenters. The molecule has 0 spiro atoms. The summed E-state index contributed by atoms with van der Waals surface area (Å²) in [5.41, 5.74) is 6.54. The average molecular weight is 529 g/mol. The second-order valence-electron chi connectivity index (χ2n) is 9.55. The Bertz CT molecular complexity index is 1090. The molecule has 10 heteroatoms. The molecule has 0 bridgehead atoms. The molecule has 7 nitrogen and oxygen atoms in total. The zero-order valence-corrected chi connectivity index (χ0v) is 21.9. The van der Waals surface area contributed by atoms with Crippen molar-refractivity contribution in [3.8, 4) is 5.75 Å². The maximum absolute atomic E-state index is 14.6. The van der Waals surface area contributed by atoms with E-state index in [9.17, 15) is 12.8 Å². The van der Waals surface area contributed by atoms with Gasteiger partial charge in [0.25, 0.3) is 0 Å². The van der Waals surface area contributed by atoms with E-state index in [-0.39, 0.29) is 35.2 Å². The number of rotatable bonds is 12. The maximum Gasteiger partial charge on any atom is 0.240 e. The molecule has 0 radical (unpaired) electrons. The van der Waals surface area contributed by atoms with Crippen molar-refractivity contribution < 1.29 is 27.0 Å². The van der Waals surface area contributed by atoms with Crippen molar-refractivity contribution >= 4 is 21.6 Å². The minimum Gasteiger partial charge on any atom is -0.485 e. The van der Waals surface area contributed by atoms with Crippen molar-refractivity contribution in [2.75, 3.05) is 39.5 Å². The minimum absolute atomic E-state index is 0.0243. The van der Waals surface area contributed by atoms with Gasteiger partial charge in [-0.2, -0.15) is 0 Å². The number of hydrogen-bond donors (Lipinski definition) is 2. The third kappa shape index (κ3) is 7.38. The molecular formula is C25H34ClFN2O5S. The molecule has 1 aliphatic carbocycles. The summed E-state index contributed by atoms with van der Waals surface area (Å²) >= 11 is 6.13. The van der Waals surface area contributed by atoms with Crippen LogP contribution in [0.25, 0.3) is 0 Å². The van der Waals surface area contributed by atoms with Crippen LogP contribution in [0.4, 0.5) is 4.39 Å². The molecule has 35 heavy (non-hydrogen) atoms. The third-order valence-corrected chi connectivity index (χ3v) is 7.67. The first-order chi connectivity index (χ1) is 16.5. The van der Waals surface area contributed by atoms with Crippen molar-refractivity contribution in [1.29, 1.82) is 0 Å². The van der Waals surface area contributed by atoms with E-state index >= 15 is 0 Å². The van der Waals surface area contributed by atoms with Gasteiger partial charge in [-0.1, -0.05) is 32.4 Å². The molecular weight excluding hydrogens is 495 g/mol. The van der Waals surface area contributed by atoms with Gasteiger partial charge in [0.05, 0.1) is 31.3 Å². The molecule has 2 aromatic carbocycles. The van der Waals surface area contributed by atoms with E-state index in [4.69, 9.17) is 31.5 Å². The fraction of sp³-hybridized carbons (Fsp3) is 0.520. The molecule has 0 saturated heterocycles. The maximum atomic E-state index is 14.6. The molecule has 194 valence electrons. The fourth-order valence-electron chi connectivity index (χ4n) is 4.12. The summed E-state index contributed by atoms with van der Waals surface area (Å²) < 4.78 is 59.1. The van der Waals surface area contributed by atoms with E-state index in [1.807, 2.05) is 0 Å². The number of hydrogen-bond acceptors (Lipinski definition) is 6. The highest BCUT2D eigenvalue weighted by Crippen LogP contribution is 2.49. The fourth-order valence-corrected chi connectivity index (χ4v) is 5.35. The number of sulfonamides is 1. The molecule has 0 fully saturated rings. The van der Waals surface area contributed by atoms with E-state index in [0.717, 1.165) is 5.56 Å². The minimum atomic E-state index is -3.70. The first-order valence-corrected chi connectivity index (χ1v) is 13.5. The number of nitrogens with two attached hydrogens (primary N) is 1. The predicted octanol–water partition coefficient (Wildman–Crippen LogP) is 4.09. The van der Waals surface area contributed by atoms with Gasteiger partial charge in [-0.3, -0.25) is 0 Å². The largest absolute Gasteiger partial charge is 0.485 e. The van der Waals surface area contributed by atoms with Crippen LogP contribution in [0.2, 0.25) is 5.02 Å². The predicted molar refractivity (Wildman–Crippen MR) is 134 cm³/mol. The molecule has 2 aromatic rings. The normalized spacial score (nSPS) is 18.0. The van der Waals surface area contributed by atoms with Crippen molar-refractivity contribution in [3.05, 3.63) is 58.4 Å². The van der Waals surface area contributed by atoms with Crippen molar-refractivity contribution in [2.24, 2.45) is 17.1 Å². The van der Waals surface area contributed by atoms with Crippen molar-refractivity contribution in [3.63, 3.8) is 0 Å². The van der Waals surface area contributed by atoms with Crippen molar-refractivity contribution in [2.45, 2.75) is 38.2 Å². The number of halogens is 2. The van der Waals surface area contributed by atoms with E-state index in [2.05, 4.69) is 25.5 Å². The second kappa shape index (κ2) is 12.0. The lowest BCUT2D eigenvalue weighted by Crippen LogP contribution is -2.28. The Labute approximate surface area is 212 Å². The number of nitrogens with one attached hydrogen (secondary N) is 1. The summed E-state index contributed by atoms with van der Waals surface area (Å²) in [5, 5.41) is 0.323. The van der Waals surface area contributed by atoms with Crippen LogP contribution in [0.3, 0.4) is 0 Å². The standard InChI is InChI=1S/C25H34ClFN2O5S/c1-25(2,3)22-16-20-21(14-17(26)15-23(20)27)24(22)34-18-4-6-19(7-5-18)35(30,31)29-9-11-33-13-12-32-10-8-28/h4-7,14-15,22,24,29H,8-13,16,28H2,1-3H3/t22-,24-/m1/s1. The molecule has 3 rings (SSSR count). The Balaban J connectivity index is 1.63. The molecule has 0 saturated carbocycles. The summed E-state index contributed by atoms with van der Waals surface area (Å²) in [6.45, 7) is 8.32. The smallest absolute Gasteiger partial charge is 0.240 e. The van der Waals surface area contributed by atoms with Crippen LogP contribution in [-0.2, 0) is 25.9 Å². The Hall–Kier alpha value is -1.75. The number of ether oxygens (including phenoxy) is 3. The van der Waals surface area contributed by atoms with Crippen LogP contribution >= 0.6 is 11.6 Å². The van der Waals surface area contributed by atoms with Gasteiger partial charge in [0, 0.05) is 29.6 Å². The Morgan fingerprint density at radius 1 is 1.09 bits per heavy atom. The Morgan fingerprint density at radius 2 is 1.74 bits per heavy atom. The lowest BCUT2D eigenvalue weighted by Gasteiger charge is -2.32. The van der Waals surface area contributed by atoms with Crippen molar-refractivity contribution in [1.82, 2.24) is 4.72 Å². The molecule has 0 amide bonds.